The summed E-state index contributed by atoms with van der Waals surface area (Å²) in [5, 5.41) is 5.28. The van der Waals surface area contributed by atoms with Crippen LogP contribution >= 0.6 is 0 Å². The number of aromatic nitrogens is 1. The molecule has 1 amide bonds. The molecule has 0 radical (unpaired) electrons. The van der Waals surface area contributed by atoms with E-state index in [-0.39, 0.29) is 5.56 Å². The van der Waals surface area contributed by atoms with Crippen LogP contribution in [-0.4, -0.2) is 31.2 Å². The Morgan fingerprint density at radius 3 is 2.70 bits per heavy atom. The fourth-order valence-electron chi connectivity index (χ4n) is 1.90. The third-order valence-corrected chi connectivity index (χ3v) is 3.05. The molecule has 0 spiro atoms. The van der Waals surface area contributed by atoms with Crippen molar-refractivity contribution in [1.82, 2.24) is 4.98 Å². The molecule has 2 aromatic rings. The van der Waals surface area contributed by atoms with E-state index in [1.165, 1.54) is 24.4 Å². The summed E-state index contributed by atoms with van der Waals surface area (Å²) in [4.78, 5) is 16.2. The highest BCUT2D eigenvalue weighted by Gasteiger charge is 2.13. The molecule has 0 saturated heterocycles. The number of hydrogen-bond acceptors (Lipinski definition) is 4. The van der Waals surface area contributed by atoms with Crippen molar-refractivity contribution >= 4 is 17.4 Å². The molecule has 0 atom stereocenters. The first kappa shape index (κ1) is 16.8. The average Bonchev–Trinajstić information content (AvgIpc) is 2.55. The Bertz CT molecular complexity index is 660. The van der Waals surface area contributed by atoms with Gasteiger partial charge < -0.3 is 15.4 Å². The molecule has 1 aromatic carbocycles. The second-order valence-corrected chi connectivity index (χ2v) is 4.75. The number of pyridine rings is 1. The van der Waals surface area contributed by atoms with Gasteiger partial charge in [0.1, 0.15) is 23.1 Å². The Labute approximate surface area is 132 Å². The predicted octanol–water partition coefficient (Wildman–Crippen LogP) is 3.06. The molecule has 0 fully saturated rings. The zero-order chi connectivity index (χ0) is 16.7. The van der Waals surface area contributed by atoms with Gasteiger partial charge in [0.25, 0.3) is 5.91 Å². The topological polar surface area (TPSA) is 63.2 Å². The summed E-state index contributed by atoms with van der Waals surface area (Å²) >= 11 is 0. The number of carbonyl (C=O) groups excluding carboxylic acids is 1. The Kier molecular flexibility index (Phi) is 5.99. The van der Waals surface area contributed by atoms with Crippen molar-refractivity contribution in [2.24, 2.45) is 0 Å². The highest BCUT2D eigenvalue weighted by Crippen LogP contribution is 2.19. The maximum atomic E-state index is 13.6. The average molecular weight is 321 g/mol. The molecule has 0 aliphatic heterocycles. The summed E-state index contributed by atoms with van der Waals surface area (Å²) in [6, 6.07) is 6.37. The lowest BCUT2D eigenvalue weighted by Crippen LogP contribution is -2.15. The van der Waals surface area contributed by atoms with E-state index in [1.807, 2.05) is 0 Å². The van der Waals surface area contributed by atoms with Crippen molar-refractivity contribution in [3.63, 3.8) is 0 Å². The molecule has 0 aliphatic rings. The molecule has 7 heteroatoms. The normalized spacial score (nSPS) is 10.4. The van der Waals surface area contributed by atoms with E-state index in [2.05, 4.69) is 15.6 Å². The van der Waals surface area contributed by atoms with E-state index < -0.39 is 23.2 Å². The van der Waals surface area contributed by atoms with Crippen LogP contribution in [0, 0.1) is 11.6 Å². The van der Waals surface area contributed by atoms with Crippen LogP contribution in [0.1, 0.15) is 16.8 Å². The molecule has 2 N–H and O–H groups in total. The van der Waals surface area contributed by atoms with Gasteiger partial charge in [0.15, 0.2) is 0 Å². The number of halogens is 2. The Balaban J connectivity index is 2.05. The highest BCUT2D eigenvalue weighted by atomic mass is 19.1. The second kappa shape index (κ2) is 8.19. The van der Waals surface area contributed by atoms with Gasteiger partial charge in [-0.25, -0.2) is 13.8 Å². The number of benzene rings is 1. The van der Waals surface area contributed by atoms with Crippen molar-refractivity contribution in [3.8, 4) is 0 Å². The molecule has 5 nitrogen and oxygen atoms in total. The largest absolute Gasteiger partial charge is 0.385 e. The predicted molar refractivity (Wildman–Crippen MR) is 83.5 cm³/mol. The lowest BCUT2D eigenvalue weighted by molar-refractivity contribution is 0.102. The Morgan fingerprint density at radius 2 is 2.00 bits per heavy atom. The molecule has 0 saturated carbocycles. The molecule has 1 aromatic heterocycles. The summed E-state index contributed by atoms with van der Waals surface area (Å²) in [7, 11) is 1.62. The van der Waals surface area contributed by atoms with Crippen LogP contribution in [0.5, 0.6) is 0 Å². The summed E-state index contributed by atoms with van der Waals surface area (Å²) in [5.74, 6) is -1.77. The molecule has 0 aliphatic carbocycles. The minimum Gasteiger partial charge on any atom is -0.385 e. The monoisotopic (exact) mass is 321 g/mol. The zero-order valence-electron chi connectivity index (χ0n) is 12.6. The number of hydrogen-bond donors (Lipinski definition) is 2. The molecule has 23 heavy (non-hydrogen) atoms. The third kappa shape index (κ3) is 4.72. The lowest BCUT2D eigenvalue weighted by Gasteiger charge is -2.09. The second-order valence-electron chi connectivity index (χ2n) is 4.75. The number of rotatable bonds is 7. The first-order chi connectivity index (χ1) is 11.1. The van der Waals surface area contributed by atoms with Crippen LogP contribution in [0.15, 0.2) is 36.5 Å². The van der Waals surface area contributed by atoms with Gasteiger partial charge in [-0.3, -0.25) is 4.79 Å². The summed E-state index contributed by atoms with van der Waals surface area (Å²) < 4.78 is 32.0. The SMILES string of the molecule is COCCCNc1cc(C(=O)Nc2c(F)cccc2F)ccn1. The van der Waals surface area contributed by atoms with Crippen LogP contribution in [0.4, 0.5) is 20.3 Å². The molecule has 1 heterocycles. The summed E-state index contributed by atoms with van der Waals surface area (Å²) in [5.41, 5.74) is -0.221. The van der Waals surface area contributed by atoms with Crippen molar-refractivity contribution in [2.45, 2.75) is 6.42 Å². The number of carbonyl (C=O) groups is 1. The van der Waals surface area contributed by atoms with Crippen LogP contribution in [-0.2, 0) is 4.74 Å². The fourth-order valence-corrected chi connectivity index (χ4v) is 1.90. The first-order valence-corrected chi connectivity index (χ1v) is 7.06. The molecular weight excluding hydrogens is 304 g/mol. The number of ether oxygens (including phenoxy) is 1. The number of nitrogens with one attached hydrogen (secondary N) is 2. The van der Waals surface area contributed by atoms with Crippen molar-refractivity contribution < 1.29 is 18.3 Å². The zero-order valence-corrected chi connectivity index (χ0v) is 12.6. The minimum absolute atomic E-state index is 0.247. The number of anilines is 2. The quantitative estimate of drug-likeness (QED) is 0.769. The summed E-state index contributed by atoms with van der Waals surface area (Å²) in [6.45, 7) is 1.24. The molecular formula is C16H17F2N3O2. The standard InChI is InChI=1S/C16H17F2N3O2/c1-23-9-3-7-19-14-10-11(6-8-20-14)16(22)21-15-12(17)4-2-5-13(15)18/h2,4-6,8,10H,3,7,9H2,1H3,(H,19,20)(H,21,22). The van der Waals surface area contributed by atoms with Gasteiger partial charge >= 0.3 is 0 Å². The highest BCUT2D eigenvalue weighted by molar-refractivity contribution is 6.04. The van der Waals surface area contributed by atoms with Gasteiger partial charge in [0.2, 0.25) is 0 Å². The van der Waals surface area contributed by atoms with E-state index in [1.54, 1.807) is 7.11 Å². The van der Waals surface area contributed by atoms with Crippen LogP contribution in [0.2, 0.25) is 0 Å². The maximum Gasteiger partial charge on any atom is 0.256 e. The van der Waals surface area contributed by atoms with Crippen molar-refractivity contribution in [3.05, 3.63) is 53.7 Å². The molecule has 0 bridgehead atoms. The van der Waals surface area contributed by atoms with E-state index in [0.29, 0.717) is 19.0 Å². The summed E-state index contributed by atoms with van der Waals surface area (Å²) in [6.07, 6.45) is 2.24. The van der Waals surface area contributed by atoms with Crippen molar-refractivity contribution in [1.29, 1.82) is 0 Å². The minimum atomic E-state index is -0.828. The van der Waals surface area contributed by atoms with Crippen LogP contribution in [0.3, 0.4) is 0 Å². The first-order valence-electron chi connectivity index (χ1n) is 7.06. The van der Waals surface area contributed by atoms with Gasteiger partial charge in [0.05, 0.1) is 0 Å². The molecule has 122 valence electrons. The number of nitrogens with zero attached hydrogens (tertiary/aromatic N) is 1. The fraction of sp³-hybridized carbons (Fsp3) is 0.250. The smallest absolute Gasteiger partial charge is 0.256 e. The maximum absolute atomic E-state index is 13.6. The third-order valence-electron chi connectivity index (χ3n) is 3.05. The Morgan fingerprint density at radius 1 is 1.26 bits per heavy atom. The van der Waals surface area contributed by atoms with E-state index in [4.69, 9.17) is 4.74 Å². The number of methoxy groups -OCH3 is 1. The number of amides is 1. The van der Waals surface area contributed by atoms with Gasteiger partial charge in [-0.1, -0.05) is 6.07 Å². The Hall–Kier alpha value is -2.54. The number of para-hydroxylation sites is 1. The molecule has 2 rings (SSSR count). The van der Waals surface area contributed by atoms with E-state index in [9.17, 15) is 13.6 Å². The van der Waals surface area contributed by atoms with Crippen LogP contribution < -0.4 is 10.6 Å². The van der Waals surface area contributed by atoms with Crippen LogP contribution in [0.25, 0.3) is 0 Å². The van der Waals surface area contributed by atoms with Gasteiger partial charge in [-0.2, -0.15) is 0 Å². The van der Waals surface area contributed by atoms with Crippen molar-refractivity contribution in [2.75, 3.05) is 30.9 Å². The van der Waals surface area contributed by atoms with Gasteiger partial charge in [-0.05, 0) is 30.7 Å². The lowest BCUT2D eigenvalue weighted by atomic mass is 10.2. The molecule has 0 unspecified atom stereocenters. The van der Waals surface area contributed by atoms with Gasteiger partial charge in [-0.15, -0.1) is 0 Å². The van der Waals surface area contributed by atoms with E-state index in [0.717, 1.165) is 18.6 Å². The van der Waals surface area contributed by atoms with E-state index >= 15 is 0 Å². The van der Waals surface area contributed by atoms with Gasteiger partial charge in [0, 0.05) is 32.0 Å².